The number of rotatable bonds is 7. The second-order valence-corrected chi connectivity index (χ2v) is 7.28. The van der Waals surface area contributed by atoms with Crippen LogP contribution in [0.3, 0.4) is 0 Å². The van der Waals surface area contributed by atoms with Crippen LogP contribution in [0.2, 0.25) is 0 Å². The van der Waals surface area contributed by atoms with Gasteiger partial charge in [0, 0.05) is 4.88 Å². The molecule has 0 fully saturated rings. The van der Waals surface area contributed by atoms with E-state index in [2.05, 4.69) is 19.2 Å². The van der Waals surface area contributed by atoms with E-state index in [4.69, 9.17) is 4.74 Å². The van der Waals surface area contributed by atoms with E-state index in [1.165, 1.54) is 11.3 Å². The Bertz CT molecular complexity index is 739. The summed E-state index contributed by atoms with van der Waals surface area (Å²) in [6, 6.07) is 9.33. The van der Waals surface area contributed by atoms with Crippen LogP contribution in [0.5, 0.6) is 0 Å². The lowest BCUT2D eigenvalue weighted by molar-refractivity contribution is 0.0697. The van der Waals surface area contributed by atoms with Gasteiger partial charge in [-0.15, -0.1) is 11.3 Å². The monoisotopic (exact) mass is 361 g/mol. The highest BCUT2D eigenvalue weighted by Crippen LogP contribution is 2.35. The number of aromatic carboxylic acids is 1. The van der Waals surface area contributed by atoms with Crippen LogP contribution in [-0.4, -0.2) is 17.2 Å². The standard InChI is InChI=1S/C19H23NO4S/c1-4-12(2)10-15-13(3)25-17(16(15)18(21)22)20-19(23)24-11-14-8-6-5-7-9-14/h5-9,12H,4,10-11H2,1-3H3,(H,20,23)(H,21,22). The zero-order chi connectivity index (χ0) is 18.4. The molecular formula is C19H23NO4S. The van der Waals surface area contributed by atoms with Crippen molar-refractivity contribution in [3.05, 3.63) is 51.9 Å². The number of amides is 1. The van der Waals surface area contributed by atoms with Gasteiger partial charge >= 0.3 is 12.1 Å². The highest BCUT2D eigenvalue weighted by molar-refractivity contribution is 7.16. The zero-order valence-electron chi connectivity index (χ0n) is 14.7. The number of hydrogen-bond donors (Lipinski definition) is 2. The van der Waals surface area contributed by atoms with Crippen LogP contribution in [-0.2, 0) is 17.8 Å². The van der Waals surface area contributed by atoms with Gasteiger partial charge in [0.2, 0.25) is 0 Å². The molecule has 6 heteroatoms. The Morgan fingerprint density at radius 1 is 1.28 bits per heavy atom. The van der Waals surface area contributed by atoms with Crippen molar-refractivity contribution in [1.82, 2.24) is 0 Å². The molecule has 1 heterocycles. The number of benzene rings is 1. The van der Waals surface area contributed by atoms with Crippen LogP contribution in [0.15, 0.2) is 30.3 Å². The minimum Gasteiger partial charge on any atom is -0.478 e. The lowest BCUT2D eigenvalue weighted by Gasteiger charge is -2.10. The van der Waals surface area contributed by atoms with Crippen LogP contribution in [0.1, 0.15) is 46.6 Å². The summed E-state index contributed by atoms with van der Waals surface area (Å²) in [5, 5.41) is 12.5. The van der Waals surface area contributed by atoms with Crippen molar-refractivity contribution in [2.24, 2.45) is 5.92 Å². The summed E-state index contributed by atoms with van der Waals surface area (Å²) in [6.45, 7) is 6.19. The molecule has 0 aliphatic heterocycles. The van der Waals surface area contributed by atoms with Crippen LogP contribution < -0.4 is 5.32 Å². The summed E-state index contributed by atoms with van der Waals surface area (Å²) in [5.74, 6) is -0.648. The van der Waals surface area contributed by atoms with Gasteiger partial charge in [-0.3, -0.25) is 5.32 Å². The van der Waals surface area contributed by atoms with E-state index in [0.717, 1.165) is 22.4 Å². The van der Waals surface area contributed by atoms with Crippen molar-refractivity contribution in [3.63, 3.8) is 0 Å². The largest absolute Gasteiger partial charge is 0.478 e. The van der Waals surface area contributed by atoms with E-state index in [-0.39, 0.29) is 12.2 Å². The SMILES string of the molecule is CCC(C)Cc1c(C)sc(NC(=O)OCc2ccccc2)c1C(=O)O. The Morgan fingerprint density at radius 3 is 2.56 bits per heavy atom. The topological polar surface area (TPSA) is 75.6 Å². The molecule has 1 aromatic carbocycles. The molecule has 1 aromatic heterocycles. The molecule has 0 aliphatic carbocycles. The fourth-order valence-corrected chi connectivity index (χ4v) is 3.55. The molecule has 2 aromatic rings. The third-order valence-corrected chi connectivity index (χ3v) is 5.16. The third-order valence-electron chi connectivity index (χ3n) is 4.10. The molecule has 2 N–H and O–H groups in total. The summed E-state index contributed by atoms with van der Waals surface area (Å²) in [6.07, 6.45) is 1.000. The summed E-state index contributed by atoms with van der Waals surface area (Å²) < 4.78 is 5.18. The van der Waals surface area contributed by atoms with Gasteiger partial charge in [-0.1, -0.05) is 50.6 Å². The van der Waals surface area contributed by atoms with E-state index in [1.807, 2.05) is 37.3 Å². The number of carbonyl (C=O) groups excluding carboxylic acids is 1. The maximum atomic E-state index is 12.0. The zero-order valence-corrected chi connectivity index (χ0v) is 15.5. The Labute approximate surface area is 151 Å². The maximum absolute atomic E-state index is 12.0. The van der Waals surface area contributed by atoms with Crippen LogP contribution >= 0.6 is 11.3 Å². The fourth-order valence-electron chi connectivity index (χ4n) is 2.48. The number of thiophene rings is 1. The minimum absolute atomic E-state index is 0.138. The first kappa shape index (κ1) is 19.0. The molecule has 25 heavy (non-hydrogen) atoms. The first-order chi connectivity index (χ1) is 11.9. The highest BCUT2D eigenvalue weighted by Gasteiger charge is 2.24. The fraction of sp³-hybridized carbons (Fsp3) is 0.368. The number of nitrogens with one attached hydrogen (secondary N) is 1. The molecule has 0 saturated carbocycles. The van der Waals surface area contributed by atoms with Gasteiger partial charge in [-0.2, -0.15) is 0 Å². The first-order valence-corrected chi connectivity index (χ1v) is 9.07. The molecule has 1 atom stereocenters. The van der Waals surface area contributed by atoms with Gasteiger partial charge in [-0.25, -0.2) is 9.59 Å². The number of ether oxygens (including phenoxy) is 1. The van der Waals surface area contributed by atoms with Crippen LogP contribution in [0, 0.1) is 12.8 Å². The molecule has 1 amide bonds. The van der Waals surface area contributed by atoms with E-state index in [9.17, 15) is 14.7 Å². The second kappa shape index (κ2) is 8.67. The normalized spacial score (nSPS) is 11.8. The average Bonchev–Trinajstić information content (AvgIpc) is 2.89. The minimum atomic E-state index is -1.03. The number of aryl methyl sites for hydroxylation is 1. The smallest absolute Gasteiger partial charge is 0.412 e. The Morgan fingerprint density at radius 2 is 1.96 bits per heavy atom. The summed E-state index contributed by atoms with van der Waals surface area (Å²) in [4.78, 5) is 24.7. The average molecular weight is 361 g/mol. The molecule has 1 unspecified atom stereocenters. The molecule has 5 nitrogen and oxygen atoms in total. The van der Waals surface area contributed by atoms with Crippen molar-refractivity contribution < 1.29 is 19.4 Å². The molecule has 134 valence electrons. The number of carboxylic acids is 1. The van der Waals surface area contributed by atoms with Gasteiger partial charge in [0.1, 0.15) is 11.6 Å². The number of anilines is 1. The summed E-state index contributed by atoms with van der Waals surface area (Å²) in [7, 11) is 0. The Balaban J connectivity index is 2.11. The van der Waals surface area contributed by atoms with Crippen molar-refractivity contribution in [2.45, 2.75) is 40.2 Å². The van der Waals surface area contributed by atoms with Crippen molar-refractivity contribution in [2.75, 3.05) is 5.32 Å². The van der Waals surface area contributed by atoms with E-state index >= 15 is 0 Å². The van der Waals surface area contributed by atoms with Crippen LogP contribution in [0.4, 0.5) is 9.80 Å². The van der Waals surface area contributed by atoms with Gasteiger partial charge in [0.05, 0.1) is 5.56 Å². The van der Waals surface area contributed by atoms with Gasteiger partial charge in [0.15, 0.2) is 0 Å². The Hall–Kier alpha value is -2.34. The number of carboxylic acid groups (broad SMARTS) is 1. The Kier molecular flexibility index (Phi) is 6.58. The van der Waals surface area contributed by atoms with E-state index in [0.29, 0.717) is 17.3 Å². The molecule has 0 aliphatic rings. The lowest BCUT2D eigenvalue weighted by atomic mass is 9.96. The number of hydrogen-bond acceptors (Lipinski definition) is 4. The predicted molar refractivity (Wildman–Crippen MR) is 99.4 cm³/mol. The van der Waals surface area contributed by atoms with Crippen molar-refractivity contribution in [1.29, 1.82) is 0 Å². The van der Waals surface area contributed by atoms with E-state index < -0.39 is 12.1 Å². The maximum Gasteiger partial charge on any atom is 0.412 e. The molecule has 0 radical (unpaired) electrons. The molecule has 0 spiro atoms. The second-order valence-electron chi connectivity index (χ2n) is 6.05. The number of carbonyl (C=O) groups is 2. The molecule has 2 rings (SSSR count). The van der Waals surface area contributed by atoms with E-state index in [1.54, 1.807) is 0 Å². The molecular weight excluding hydrogens is 338 g/mol. The van der Waals surface area contributed by atoms with Crippen molar-refractivity contribution in [3.8, 4) is 0 Å². The van der Waals surface area contributed by atoms with Gasteiger partial charge < -0.3 is 9.84 Å². The summed E-state index contributed by atoms with van der Waals surface area (Å²) >= 11 is 1.28. The highest BCUT2D eigenvalue weighted by atomic mass is 32.1. The molecule has 0 bridgehead atoms. The van der Waals surface area contributed by atoms with Gasteiger partial charge in [-0.05, 0) is 30.4 Å². The predicted octanol–water partition coefficient (Wildman–Crippen LogP) is 5.09. The van der Waals surface area contributed by atoms with Crippen molar-refractivity contribution >= 4 is 28.4 Å². The quantitative estimate of drug-likeness (QED) is 0.720. The summed E-state index contributed by atoms with van der Waals surface area (Å²) in [5.41, 5.74) is 1.85. The lowest BCUT2D eigenvalue weighted by Crippen LogP contribution is -2.15. The van der Waals surface area contributed by atoms with Gasteiger partial charge in [0.25, 0.3) is 0 Å². The van der Waals surface area contributed by atoms with Crippen LogP contribution in [0.25, 0.3) is 0 Å². The third kappa shape index (κ3) is 5.06. The molecule has 0 saturated heterocycles. The first-order valence-electron chi connectivity index (χ1n) is 8.25.